The Morgan fingerprint density at radius 2 is 1.87 bits per heavy atom. The van der Waals surface area contributed by atoms with Gasteiger partial charge in [0.15, 0.2) is 15.5 Å². The number of nitrogens with one attached hydrogen (secondary N) is 1. The number of aryl methyl sites for hydroxylation is 1. The lowest BCUT2D eigenvalue weighted by Gasteiger charge is -2.26. The Bertz CT molecular complexity index is 1260. The molecule has 0 spiro atoms. The Hall–Kier alpha value is -2.93. The van der Waals surface area contributed by atoms with Gasteiger partial charge in [0.25, 0.3) is 5.91 Å². The molecule has 30 heavy (non-hydrogen) atoms. The first-order valence-electron chi connectivity index (χ1n) is 10.2. The second-order valence-electron chi connectivity index (χ2n) is 8.00. The van der Waals surface area contributed by atoms with Gasteiger partial charge in [-0.1, -0.05) is 36.4 Å². The first-order valence-corrected chi connectivity index (χ1v) is 11.9. The summed E-state index contributed by atoms with van der Waals surface area (Å²) >= 11 is 0. The standard InChI is InChI=1S/C23H23N3O3S/c1-15-7-2-4-10-19(15)26-20-11-6-9-17(20)22(25-26)23(27)24-18-13-14-30(28,29)21-12-5-3-8-16(18)21/h2-5,7-8,10,12,18H,6,9,11,13-14H2,1H3,(H,24,27). The van der Waals surface area contributed by atoms with Crippen LogP contribution in [0.4, 0.5) is 0 Å². The van der Waals surface area contributed by atoms with Gasteiger partial charge in [0.1, 0.15) is 0 Å². The first-order chi connectivity index (χ1) is 14.5. The van der Waals surface area contributed by atoms with Gasteiger partial charge in [0, 0.05) is 11.3 Å². The van der Waals surface area contributed by atoms with Crippen LogP contribution >= 0.6 is 0 Å². The van der Waals surface area contributed by atoms with Crippen LogP contribution < -0.4 is 5.32 Å². The van der Waals surface area contributed by atoms with Gasteiger partial charge in [-0.05, 0) is 55.9 Å². The van der Waals surface area contributed by atoms with Crippen molar-refractivity contribution in [1.29, 1.82) is 0 Å². The molecule has 6 nitrogen and oxygen atoms in total. The van der Waals surface area contributed by atoms with Crippen LogP contribution in [0.2, 0.25) is 0 Å². The van der Waals surface area contributed by atoms with Gasteiger partial charge >= 0.3 is 0 Å². The van der Waals surface area contributed by atoms with Crippen LogP contribution in [0.3, 0.4) is 0 Å². The number of rotatable bonds is 3. The zero-order valence-electron chi connectivity index (χ0n) is 16.8. The number of para-hydroxylation sites is 1. The lowest BCUT2D eigenvalue weighted by Crippen LogP contribution is -2.34. The molecule has 1 amide bonds. The number of sulfone groups is 1. The minimum atomic E-state index is -3.29. The molecule has 2 aliphatic rings. The van der Waals surface area contributed by atoms with Crippen LogP contribution in [-0.2, 0) is 22.7 Å². The van der Waals surface area contributed by atoms with E-state index in [-0.39, 0.29) is 17.7 Å². The average Bonchev–Trinajstić information content (AvgIpc) is 3.34. The Morgan fingerprint density at radius 3 is 2.70 bits per heavy atom. The van der Waals surface area contributed by atoms with E-state index in [1.54, 1.807) is 18.2 Å². The van der Waals surface area contributed by atoms with E-state index in [2.05, 4.69) is 5.32 Å². The van der Waals surface area contributed by atoms with Crippen LogP contribution in [0.1, 0.15) is 51.8 Å². The molecular formula is C23H23N3O3S. The second-order valence-corrected chi connectivity index (χ2v) is 10.1. The number of aromatic nitrogens is 2. The quantitative estimate of drug-likeness (QED) is 0.703. The van der Waals surface area contributed by atoms with E-state index in [1.165, 1.54) is 0 Å². The molecule has 1 aliphatic carbocycles. The highest BCUT2D eigenvalue weighted by molar-refractivity contribution is 7.91. The molecule has 0 bridgehead atoms. The number of benzene rings is 2. The predicted molar refractivity (Wildman–Crippen MR) is 114 cm³/mol. The van der Waals surface area contributed by atoms with E-state index < -0.39 is 9.84 Å². The molecule has 2 heterocycles. The van der Waals surface area contributed by atoms with Crippen molar-refractivity contribution in [3.05, 3.63) is 76.6 Å². The number of hydrogen-bond donors (Lipinski definition) is 1. The third-order valence-electron chi connectivity index (χ3n) is 6.10. The topological polar surface area (TPSA) is 81.1 Å². The maximum Gasteiger partial charge on any atom is 0.272 e. The Kier molecular flexibility index (Phi) is 4.50. The van der Waals surface area contributed by atoms with Gasteiger partial charge in [-0.3, -0.25) is 4.79 Å². The molecule has 3 aromatic rings. The molecule has 0 fully saturated rings. The molecule has 0 saturated carbocycles. The second kappa shape index (κ2) is 7.09. The molecular weight excluding hydrogens is 398 g/mol. The molecule has 154 valence electrons. The summed E-state index contributed by atoms with van der Waals surface area (Å²) in [6.07, 6.45) is 3.10. The summed E-state index contributed by atoms with van der Waals surface area (Å²) in [5, 5.41) is 7.76. The van der Waals surface area contributed by atoms with Crippen LogP contribution in [0, 0.1) is 6.92 Å². The van der Waals surface area contributed by atoms with E-state index in [1.807, 2.05) is 41.9 Å². The number of amides is 1. The van der Waals surface area contributed by atoms with Gasteiger partial charge in [-0.25, -0.2) is 13.1 Å². The largest absolute Gasteiger partial charge is 0.344 e. The highest BCUT2D eigenvalue weighted by Gasteiger charge is 2.33. The number of carbonyl (C=O) groups is 1. The van der Waals surface area contributed by atoms with E-state index in [9.17, 15) is 13.2 Å². The summed E-state index contributed by atoms with van der Waals surface area (Å²) in [6.45, 7) is 2.04. The summed E-state index contributed by atoms with van der Waals surface area (Å²) in [5.74, 6) is -0.204. The number of carbonyl (C=O) groups excluding carboxylic acids is 1. The SMILES string of the molecule is Cc1ccccc1-n1nc(C(=O)NC2CCS(=O)(=O)c3ccccc32)c2c1CCC2. The Labute approximate surface area is 175 Å². The van der Waals surface area contributed by atoms with Crippen molar-refractivity contribution in [3.63, 3.8) is 0 Å². The van der Waals surface area contributed by atoms with Crippen molar-refractivity contribution < 1.29 is 13.2 Å². The zero-order chi connectivity index (χ0) is 20.9. The summed E-state index contributed by atoms with van der Waals surface area (Å²) in [6, 6.07) is 14.6. The Balaban J connectivity index is 1.50. The average molecular weight is 422 g/mol. The van der Waals surface area contributed by atoms with Crippen LogP contribution in [0.25, 0.3) is 5.69 Å². The summed E-state index contributed by atoms with van der Waals surface area (Å²) in [4.78, 5) is 13.6. The molecule has 5 rings (SSSR count). The molecule has 1 aromatic heterocycles. The van der Waals surface area contributed by atoms with Gasteiger partial charge in [0.05, 0.1) is 22.4 Å². The normalized spacial score (nSPS) is 19.2. The van der Waals surface area contributed by atoms with E-state index >= 15 is 0 Å². The molecule has 7 heteroatoms. The first kappa shape index (κ1) is 19.1. The van der Waals surface area contributed by atoms with Crippen molar-refractivity contribution in [3.8, 4) is 5.69 Å². The highest BCUT2D eigenvalue weighted by atomic mass is 32.2. The van der Waals surface area contributed by atoms with Crippen molar-refractivity contribution >= 4 is 15.7 Å². The minimum Gasteiger partial charge on any atom is -0.344 e. The summed E-state index contributed by atoms with van der Waals surface area (Å²) in [5.41, 5.74) is 5.31. The van der Waals surface area contributed by atoms with Crippen LogP contribution in [0.15, 0.2) is 53.4 Å². The third kappa shape index (κ3) is 3.04. The fourth-order valence-electron chi connectivity index (χ4n) is 4.59. The molecule has 2 aromatic carbocycles. The number of nitrogens with zero attached hydrogens (tertiary/aromatic N) is 2. The molecule has 0 radical (unpaired) electrons. The highest BCUT2D eigenvalue weighted by Crippen LogP contribution is 2.33. The van der Waals surface area contributed by atoms with Crippen molar-refractivity contribution in [1.82, 2.24) is 15.1 Å². The van der Waals surface area contributed by atoms with E-state index in [4.69, 9.17) is 5.10 Å². The van der Waals surface area contributed by atoms with Gasteiger partial charge < -0.3 is 5.32 Å². The van der Waals surface area contributed by atoms with Crippen molar-refractivity contribution in [2.24, 2.45) is 0 Å². The maximum absolute atomic E-state index is 13.2. The zero-order valence-corrected chi connectivity index (χ0v) is 17.6. The summed E-state index contributed by atoms with van der Waals surface area (Å²) < 4.78 is 26.7. The lowest BCUT2D eigenvalue weighted by atomic mass is 10.0. The maximum atomic E-state index is 13.2. The van der Waals surface area contributed by atoms with E-state index in [0.29, 0.717) is 22.6 Å². The molecule has 1 atom stereocenters. The van der Waals surface area contributed by atoms with Gasteiger partial charge in [-0.15, -0.1) is 0 Å². The van der Waals surface area contributed by atoms with Gasteiger partial charge in [0.2, 0.25) is 0 Å². The minimum absolute atomic E-state index is 0.0325. The van der Waals surface area contributed by atoms with Crippen LogP contribution in [0.5, 0.6) is 0 Å². The lowest BCUT2D eigenvalue weighted by molar-refractivity contribution is 0.0928. The third-order valence-corrected chi connectivity index (χ3v) is 7.91. The molecule has 1 N–H and O–H groups in total. The van der Waals surface area contributed by atoms with Gasteiger partial charge in [-0.2, -0.15) is 5.10 Å². The summed E-state index contributed by atoms with van der Waals surface area (Å²) in [7, 11) is -3.29. The smallest absolute Gasteiger partial charge is 0.272 e. The molecule has 1 aliphatic heterocycles. The number of fused-ring (bicyclic) bond motifs is 2. The Morgan fingerprint density at radius 1 is 1.10 bits per heavy atom. The monoisotopic (exact) mass is 421 g/mol. The van der Waals surface area contributed by atoms with Crippen LogP contribution in [-0.4, -0.2) is 29.9 Å². The number of hydrogen-bond acceptors (Lipinski definition) is 4. The molecule has 0 saturated heterocycles. The van der Waals surface area contributed by atoms with E-state index in [0.717, 1.165) is 41.8 Å². The van der Waals surface area contributed by atoms with Crippen molar-refractivity contribution in [2.45, 2.75) is 43.5 Å². The molecule has 1 unspecified atom stereocenters. The fourth-order valence-corrected chi connectivity index (χ4v) is 6.21. The fraction of sp³-hybridized carbons (Fsp3) is 0.304. The predicted octanol–water partition coefficient (Wildman–Crippen LogP) is 3.32. The van der Waals surface area contributed by atoms with Crippen molar-refractivity contribution in [2.75, 3.05) is 5.75 Å².